The first-order valence-corrected chi connectivity index (χ1v) is 11.3. The second-order valence-corrected chi connectivity index (χ2v) is 8.81. The van der Waals surface area contributed by atoms with Crippen LogP contribution in [0.3, 0.4) is 0 Å². The van der Waals surface area contributed by atoms with Crippen LogP contribution in [0.1, 0.15) is 35.5 Å². The van der Waals surface area contributed by atoms with Gasteiger partial charge < -0.3 is 11.1 Å². The number of nitrogens with zero attached hydrogens (tertiary/aromatic N) is 3. The highest BCUT2D eigenvalue weighted by atomic mass is 35.5. The van der Waals surface area contributed by atoms with Gasteiger partial charge in [0.15, 0.2) is 0 Å². The topological polar surface area (TPSA) is 113 Å². The molecule has 1 aromatic heterocycles. The standard InChI is InChI=1S/C26H26ClFN6O2/c1-17(19-9-11-21(28)12-10-19)34(16-18-7-5-4-6-8-18)33-25(29)31-24(36)26(2,3)32-23(35)22-15-20(27)13-14-30-22/h4-15H,1,16H2,2-3H3,(H,32,35)(H3,29,31,33,36). The Kier molecular flexibility index (Phi) is 8.39. The van der Waals surface area contributed by atoms with E-state index in [0.717, 1.165) is 5.56 Å². The molecule has 3 aromatic rings. The van der Waals surface area contributed by atoms with Gasteiger partial charge in [-0.3, -0.25) is 24.9 Å². The van der Waals surface area contributed by atoms with E-state index in [4.69, 9.17) is 17.3 Å². The van der Waals surface area contributed by atoms with Gasteiger partial charge in [-0.1, -0.05) is 48.5 Å². The fourth-order valence-electron chi connectivity index (χ4n) is 3.10. The van der Waals surface area contributed by atoms with Crippen LogP contribution >= 0.6 is 11.6 Å². The van der Waals surface area contributed by atoms with E-state index in [1.54, 1.807) is 12.1 Å². The molecule has 0 atom stereocenters. The van der Waals surface area contributed by atoms with Gasteiger partial charge in [0.2, 0.25) is 5.96 Å². The fourth-order valence-corrected chi connectivity index (χ4v) is 3.26. The third kappa shape index (κ3) is 7.13. The number of hydrogen-bond acceptors (Lipinski definition) is 5. The quantitative estimate of drug-likeness (QED) is 0.243. The number of amides is 2. The number of guanidine groups is 1. The second-order valence-electron chi connectivity index (χ2n) is 8.37. The van der Waals surface area contributed by atoms with Gasteiger partial charge in [-0.2, -0.15) is 0 Å². The summed E-state index contributed by atoms with van der Waals surface area (Å²) in [7, 11) is 0. The number of hydrogen-bond donors (Lipinski definition) is 3. The predicted molar refractivity (Wildman–Crippen MR) is 138 cm³/mol. The van der Waals surface area contributed by atoms with Gasteiger partial charge in [0, 0.05) is 11.2 Å². The van der Waals surface area contributed by atoms with Crippen molar-refractivity contribution < 1.29 is 14.0 Å². The molecule has 36 heavy (non-hydrogen) atoms. The van der Waals surface area contributed by atoms with Crippen LogP contribution in [0, 0.1) is 5.82 Å². The lowest BCUT2D eigenvalue weighted by Crippen LogP contribution is -2.57. The maximum atomic E-state index is 13.4. The lowest BCUT2D eigenvalue weighted by atomic mass is 10.0. The van der Waals surface area contributed by atoms with Gasteiger partial charge in [0.25, 0.3) is 11.8 Å². The molecule has 0 aliphatic rings. The van der Waals surface area contributed by atoms with Crippen LogP contribution < -0.4 is 16.4 Å². The number of hydrazone groups is 1. The fraction of sp³-hybridized carbons (Fsp3) is 0.154. The zero-order valence-electron chi connectivity index (χ0n) is 19.8. The number of halogens is 2. The lowest BCUT2D eigenvalue weighted by Gasteiger charge is -2.26. The number of nitrogens with one attached hydrogen (secondary N) is 2. The zero-order chi connectivity index (χ0) is 26.3. The van der Waals surface area contributed by atoms with E-state index < -0.39 is 17.4 Å². The molecule has 0 unspecified atom stereocenters. The Morgan fingerprint density at radius 3 is 2.44 bits per heavy atom. The molecule has 0 fully saturated rings. The number of pyridine rings is 1. The third-order valence-corrected chi connectivity index (χ3v) is 5.32. The van der Waals surface area contributed by atoms with Crippen LogP contribution in [0.5, 0.6) is 0 Å². The maximum absolute atomic E-state index is 13.4. The highest BCUT2D eigenvalue weighted by molar-refractivity contribution is 6.30. The first kappa shape index (κ1) is 26.4. The number of carbonyl (C=O) groups is 2. The van der Waals surface area contributed by atoms with Crippen LogP contribution in [0.2, 0.25) is 5.02 Å². The summed E-state index contributed by atoms with van der Waals surface area (Å²) in [5.74, 6) is -1.79. The molecule has 0 saturated heterocycles. The van der Waals surface area contributed by atoms with Crippen molar-refractivity contribution in [2.45, 2.75) is 25.9 Å². The van der Waals surface area contributed by atoms with Crippen molar-refractivity contribution in [3.63, 3.8) is 0 Å². The minimum Gasteiger partial charge on any atom is -0.368 e. The Morgan fingerprint density at radius 2 is 1.81 bits per heavy atom. The normalized spacial score (nSPS) is 11.5. The third-order valence-electron chi connectivity index (χ3n) is 5.08. The summed E-state index contributed by atoms with van der Waals surface area (Å²) < 4.78 is 13.4. The van der Waals surface area contributed by atoms with Gasteiger partial charge in [0.05, 0.1) is 12.2 Å². The summed E-state index contributed by atoms with van der Waals surface area (Å²) in [6.07, 6.45) is 1.39. The Hall–Kier alpha value is -4.24. The van der Waals surface area contributed by atoms with Gasteiger partial charge in [-0.05, 0) is 61.4 Å². The minimum atomic E-state index is -1.36. The molecule has 2 aromatic carbocycles. The van der Waals surface area contributed by atoms with Crippen LogP contribution in [0.25, 0.3) is 5.70 Å². The zero-order valence-corrected chi connectivity index (χ0v) is 20.6. The van der Waals surface area contributed by atoms with E-state index >= 15 is 0 Å². The summed E-state index contributed by atoms with van der Waals surface area (Å²) in [5, 5.41) is 11.3. The molecule has 0 bridgehead atoms. The molecule has 4 N–H and O–H groups in total. The Bertz CT molecular complexity index is 1280. The Morgan fingerprint density at radius 1 is 1.14 bits per heavy atom. The molecule has 186 valence electrons. The van der Waals surface area contributed by atoms with E-state index in [1.165, 1.54) is 49.3 Å². The van der Waals surface area contributed by atoms with Crippen LogP contribution in [-0.2, 0) is 11.3 Å². The summed E-state index contributed by atoms with van der Waals surface area (Å²) in [4.78, 5) is 29.4. The number of carbonyl (C=O) groups excluding carboxylic acids is 2. The molecule has 0 aliphatic carbocycles. The van der Waals surface area contributed by atoms with Gasteiger partial charge >= 0.3 is 0 Å². The van der Waals surface area contributed by atoms with Crippen LogP contribution in [0.15, 0.2) is 84.6 Å². The summed E-state index contributed by atoms with van der Waals surface area (Å²) in [5.41, 5.74) is 6.73. The Balaban J connectivity index is 1.77. The largest absolute Gasteiger partial charge is 0.368 e. The van der Waals surface area contributed by atoms with E-state index in [-0.39, 0.29) is 24.0 Å². The Labute approximate surface area is 213 Å². The minimum absolute atomic E-state index is 0.0645. The monoisotopic (exact) mass is 508 g/mol. The highest BCUT2D eigenvalue weighted by Gasteiger charge is 2.31. The van der Waals surface area contributed by atoms with Gasteiger partial charge in [-0.25, -0.2) is 4.39 Å². The van der Waals surface area contributed by atoms with E-state index in [1.807, 2.05) is 30.3 Å². The lowest BCUT2D eigenvalue weighted by molar-refractivity contribution is -0.124. The summed E-state index contributed by atoms with van der Waals surface area (Å²) in [6, 6.07) is 18.1. The number of nitrogens with two attached hydrogens (primary N) is 1. The van der Waals surface area contributed by atoms with Crippen molar-refractivity contribution in [2.24, 2.45) is 10.8 Å². The van der Waals surface area contributed by atoms with E-state index in [9.17, 15) is 14.0 Å². The SMILES string of the molecule is C=C(c1ccc(F)cc1)N(Cc1ccccc1)/N=C(\N)NC(=O)C(C)(C)NC(=O)c1cc(Cl)ccn1. The molecule has 3 rings (SSSR count). The number of rotatable bonds is 8. The highest BCUT2D eigenvalue weighted by Crippen LogP contribution is 2.21. The van der Waals surface area contributed by atoms with E-state index in [0.29, 0.717) is 16.3 Å². The molecular weight excluding hydrogens is 483 g/mol. The van der Waals surface area contributed by atoms with Crippen LogP contribution in [-0.4, -0.2) is 33.3 Å². The molecule has 0 aliphatic heterocycles. The number of aromatic nitrogens is 1. The molecule has 10 heteroatoms. The molecule has 0 radical (unpaired) electrons. The van der Waals surface area contributed by atoms with Crippen molar-refractivity contribution in [1.82, 2.24) is 20.6 Å². The summed E-state index contributed by atoms with van der Waals surface area (Å²) in [6.45, 7) is 7.37. The average Bonchev–Trinajstić information content (AvgIpc) is 2.84. The molecule has 1 heterocycles. The van der Waals surface area contributed by atoms with Crippen molar-refractivity contribution >= 4 is 35.1 Å². The van der Waals surface area contributed by atoms with Crippen molar-refractivity contribution in [1.29, 1.82) is 0 Å². The first-order valence-electron chi connectivity index (χ1n) is 10.9. The summed E-state index contributed by atoms with van der Waals surface area (Å²) >= 11 is 5.91. The van der Waals surface area contributed by atoms with Crippen molar-refractivity contribution in [2.75, 3.05) is 0 Å². The smallest absolute Gasteiger partial charge is 0.270 e. The average molecular weight is 509 g/mol. The number of benzene rings is 2. The molecule has 2 amide bonds. The van der Waals surface area contributed by atoms with Gasteiger partial charge in [0.1, 0.15) is 17.1 Å². The molecule has 0 spiro atoms. The first-order chi connectivity index (χ1) is 17.0. The van der Waals surface area contributed by atoms with Crippen molar-refractivity contribution in [3.05, 3.63) is 107 Å². The second kappa shape index (κ2) is 11.5. The molecular formula is C26H26ClFN6O2. The predicted octanol–water partition coefficient (Wildman–Crippen LogP) is 3.90. The molecule has 8 nitrogen and oxygen atoms in total. The van der Waals surface area contributed by atoms with E-state index in [2.05, 4.69) is 27.3 Å². The van der Waals surface area contributed by atoms with Crippen molar-refractivity contribution in [3.8, 4) is 0 Å². The van der Waals surface area contributed by atoms with Gasteiger partial charge in [-0.15, -0.1) is 5.10 Å². The van der Waals surface area contributed by atoms with Crippen LogP contribution in [0.4, 0.5) is 4.39 Å². The maximum Gasteiger partial charge on any atom is 0.270 e. The molecule has 0 saturated carbocycles.